The standard InChI is InChI=1S/C13H13FO2.C5H12O3/c1-8-2-3-9(6-13(8)14)10-4-11(15)7-12(16)5-10;1-5(2-6,3-7)4-8/h2-3,6,10H,4-5,7H2,1H3;6-8H,2-4H2,1H3. The lowest BCUT2D eigenvalue weighted by Gasteiger charge is -2.20. The second-order valence-electron chi connectivity index (χ2n) is 6.65. The Morgan fingerprint density at radius 3 is 1.96 bits per heavy atom. The van der Waals surface area contributed by atoms with E-state index in [1.54, 1.807) is 26.0 Å². The molecule has 0 atom stereocenters. The maximum Gasteiger partial charge on any atom is 0.140 e. The van der Waals surface area contributed by atoms with Gasteiger partial charge in [0.25, 0.3) is 0 Å². The quantitative estimate of drug-likeness (QED) is 0.722. The molecular weight excluding hydrogens is 315 g/mol. The van der Waals surface area contributed by atoms with Crippen molar-refractivity contribution in [3.05, 3.63) is 35.1 Å². The zero-order valence-corrected chi connectivity index (χ0v) is 14.1. The summed E-state index contributed by atoms with van der Waals surface area (Å²) >= 11 is 0. The average Bonchev–Trinajstić information content (AvgIpc) is 2.56. The highest BCUT2D eigenvalue weighted by molar-refractivity contribution is 6.02. The highest BCUT2D eigenvalue weighted by Gasteiger charge is 2.26. The third kappa shape index (κ3) is 5.78. The Balaban J connectivity index is 0.000000307. The van der Waals surface area contributed by atoms with Crippen molar-refractivity contribution in [1.29, 1.82) is 0 Å². The third-order valence-corrected chi connectivity index (χ3v) is 4.15. The van der Waals surface area contributed by atoms with Gasteiger partial charge in [-0.05, 0) is 30.0 Å². The van der Waals surface area contributed by atoms with Crippen molar-refractivity contribution in [3.8, 4) is 0 Å². The number of aliphatic hydroxyl groups excluding tert-OH is 3. The molecule has 0 heterocycles. The maximum atomic E-state index is 13.4. The van der Waals surface area contributed by atoms with Crippen molar-refractivity contribution >= 4 is 11.6 Å². The molecule has 5 nitrogen and oxygen atoms in total. The van der Waals surface area contributed by atoms with Gasteiger partial charge >= 0.3 is 0 Å². The summed E-state index contributed by atoms with van der Waals surface area (Å²) < 4.78 is 13.4. The number of benzene rings is 1. The summed E-state index contributed by atoms with van der Waals surface area (Å²) in [6, 6.07) is 4.93. The lowest BCUT2D eigenvalue weighted by atomic mass is 9.82. The molecule has 24 heavy (non-hydrogen) atoms. The lowest BCUT2D eigenvalue weighted by molar-refractivity contribution is -0.130. The van der Waals surface area contributed by atoms with Crippen LogP contribution in [0.15, 0.2) is 18.2 Å². The molecule has 3 N–H and O–H groups in total. The van der Waals surface area contributed by atoms with Crippen molar-refractivity contribution < 1.29 is 29.3 Å². The second kappa shape index (κ2) is 9.01. The van der Waals surface area contributed by atoms with Crippen LogP contribution in [0.1, 0.15) is 43.2 Å². The first-order valence-corrected chi connectivity index (χ1v) is 7.86. The number of ketones is 2. The van der Waals surface area contributed by atoms with Crippen LogP contribution in [-0.4, -0.2) is 46.7 Å². The monoisotopic (exact) mass is 340 g/mol. The summed E-state index contributed by atoms with van der Waals surface area (Å²) in [6.45, 7) is 2.75. The Bertz CT molecular complexity index is 557. The van der Waals surface area contributed by atoms with Gasteiger partial charge < -0.3 is 15.3 Å². The summed E-state index contributed by atoms with van der Waals surface area (Å²) in [6.07, 6.45) is 0.757. The number of halogens is 1. The van der Waals surface area contributed by atoms with Crippen LogP contribution < -0.4 is 0 Å². The van der Waals surface area contributed by atoms with E-state index in [1.165, 1.54) is 6.07 Å². The first-order valence-electron chi connectivity index (χ1n) is 7.86. The van der Waals surface area contributed by atoms with E-state index in [4.69, 9.17) is 15.3 Å². The normalized spacial score (nSPS) is 15.9. The molecule has 1 saturated carbocycles. The van der Waals surface area contributed by atoms with E-state index in [2.05, 4.69) is 0 Å². The van der Waals surface area contributed by atoms with Gasteiger partial charge in [-0.2, -0.15) is 0 Å². The van der Waals surface area contributed by atoms with Crippen molar-refractivity contribution in [1.82, 2.24) is 0 Å². The van der Waals surface area contributed by atoms with Gasteiger partial charge in [0.2, 0.25) is 0 Å². The molecule has 1 aliphatic carbocycles. The smallest absolute Gasteiger partial charge is 0.140 e. The van der Waals surface area contributed by atoms with E-state index < -0.39 is 5.41 Å². The Morgan fingerprint density at radius 1 is 1.08 bits per heavy atom. The number of aryl methyl sites for hydroxylation is 1. The minimum atomic E-state index is -0.708. The predicted octanol–water partition coefficient (Wildman–Crippen LogP) is 1.51. The number of carbonyl (C=O) groups is 2. The van der Waals surface area contributed by atoms with Crippen LogP contribution in [0.5, 0.6) is 0 Å². The fourth-order valence-electron chi connectivity index (χ4n) is 2.23. The molecule has 0 radical (unpaired) electrons. The van der Waals surface area contributed by atoms with E-state index >= 15 is 0 Å². The van der Waals surface area contributed by atoms with Gasteiger partial charge in [0, 0.05) is 18.3 Å². The van der Waals surface area contributed by atoms with Gasteiger partial charge in [-0.15, -0.1) is 0 Å². The van der Waals surface area contributed by atoms with Gasteiger partial charge in [-0.3, -0.25) is 9.59 Å². The number of hydrogen-bond acceptors (Lipinski definition) is 5. The largest absolute Gasteiger partial charge is 0.396 e. The van der Waals surface area contributed by atoms with E-state index in [9.17, 15) is 14.0 Å². The molecule has 0 unspecified atom stereocenters. The molecule has 1 aromatic rings. The van der Waals surface area contributed by atoms with Gasteiger partial charge in [-0.25, -0.2) is 4.39 Å². The SMILES string of the molecule is CC(CO)(CO)CO.Cc1ccc(C2CC(=O)CC(=O)C2)cc1F. The Kier molecular flexibility index (Phi) is 7.66. The number of rotatable bonds is 4. The number of carbonyl (C=O) groups excluding carboxylic acids is 2. The second-order valence-corrected chi connectivity index (χ2v) is 6.65. The van der Waals surface area contributed by atoms with Crippen LogP contribution in [0.4, 0.5) is 4.39 Å². The molecule has 2 rings (SSSR count). The molecule has 0 aromatic heterocycles. The molecule has 6 heteroatoms. The lowest BCUT2D eigenvalue weighted by Crippen LogP contribution is -2.29. The van der Waals surface area contributed by atoms with Gasteiger partial charge in [0.05, 0.1) is 26.2 Å². The van der Waals surface area contributed by atoms with Crippen molar-refractivity contribution in [3.63, 3.8) is 0 Å². The van der Waals surface area contributed by atoms with Crippen molar-refractivity contribution in [2.45, 2.75) is 39.0 Å². The van der Waals surface area contributed by atoms with Crippen LogP contribution in [0.25, 0.3) is 0 Å². The average molecular weight is 340 g/mol. The van der Waals surface area contributed by atoms with Gasteiger partial charge in [0.1, 0.15) is 17.4 Å². The summed E-state index contributed by atoms with van der Waals surface area (Å²) in [5.41, 5.74) is 0.627. The molecule has 1 aliphatic rings. The summed E-state index contributed by atoms with van der Waals surface area (Å²) in [7, 11) is 0. The minimum absolute atomic E-state index is 0.0396. The zero-order valence-electron chi connectivity index (χ0n) is 14.1. The minimum Gasteiger partial charge on any atom is -0.396 e. The number of aliphatic hydroxyl groups is 3. The molecule has 1 fully saturated rings. The fourth-order valence-corrected chi connectivity index (χ4v) is 2.23. The highest BCUT2D eigenvalue weighted by Crippen LogP contribution is 2.30. The molecule has 1 aromatic carbocycles. The first kappa shape index (κ1) is 20.4. The van der Waals surface area contributed by atoms with Crippen LogP contribution in [-0.2, 0) is 9.59 Å². The predicted molar refractivity (Wildman–Crippen MR) is 87.1 cm³/mol. The fraction of sp³-hybridized carbons (Fsp3) is 0.556. The molecule has 0 aliphatic heterocycles. The van der Waals surface area contributed by atoms with E-state index in [1.807, 2.05) is 0 Å². The van der Waals surface area contributed by atoms with Crippen molar-refractivity contribution in [2.75, 3.05) is 19.8 Å². The zero-order chi connectivity index (χ0) is 18.3. The molecule has 0 spiro atoms. The van der Waals surface area contributed by atoms with Crippen LogP contribution >= 0.6 is 0 Å². The Morgan fingerprint density at radius 2 is 1.58 bits per heavy atom. The maximum absolute atomic E-state index is 13.4. The first-order chi connectivity index (χ1) is 11.2. The Labute approximate surface area is 141 Å². The van der Waals surface area contributed by atoms with E-state index in [0.29, 0.717) is 18.4 Å². The number of hydrogen-bond donors (Lipinski definition) is 3. The third-order valence-electron chi connectivity index (χ3n) is 4.15. The molecule has 134 valence electrons. The topological polar surface area (TPSA) is 94.8 Å². The number of Topliss-reactive ketones (excluding diaryl/α,β-unsaturated/α-hetero) is 2. The Hall–Kier alpha value is -1.63. The highest BCUT2D eigenvalue weighted by atomic mass is 19.1. The van der Waals surface area contributed by atoms with Gasteiger partial charge in [-0.1, -0.05) is 19.1 Å². The van der Waals surface area contributed by atoms with Crippen LogP contribution in [0.3, 0.4) is 0 Å². The molecule has 0 amide bonds. The molecule has 0 saturated heterocycles. The van der Waals surface area contributed by atoms with Gasteiger partial charge in [0.15, 0.2) is 0 Å². The summed E-state index contributed by atoms with van der Waals surface area (Å²) in [5.74, 6) is -0.490. The van der Waals surface area contributed by atoms with Crippen LogP contribution in [0, 0.1) is 18.2 Å². The van der Waals surface area contributed by atoms with E-state index in [0.717, 1.165) is 5.56 Å². The molecule has 0 bridgehead atoms. The summed E-state index contributed by atoms with van der Waals surface area (Å²) in [4.78, 5) is 22.6. The molecular formula is C18H25FO5. The van der Waals surface area contributed by atoms with Crippen molar-refractivity contribution in [2.24, 2.45) is 5.41 Å². The van der Waals surface area contributed by atoms with Crippen LogP contribution in [0.2, 0.25) is 0 Å². The summed E-state index contributed by atoms with van der Waals surface area (Å²) in [5, 5.41) is 25.4. The van der Waals surface area contributed by atoms with E-state index in [-0.39, 0.29) is 49.5 Å².